The quantitative estimate of drug-likeness (QED) is 0.220. The van der Waals surface area contributed by atoms with E-state index in [1.807, 2.05) is 0 Å². The van der Waals surface area contributed by atoms with Crippen LogP contribution in [0.25, 0.3) is 0 Å². The predicted molar refractivity (Wildman–Crippen MR) is 105 cm³/mol. The van der Waals surface area contributed by atoms with Crippen molar-refractivity contribution in [2.24, 2.45) is 0 Å². The van der Waals surface area contributed by atoms with Gasteiger partial charge in [-0.1, -0.05) is 38.8 Å². The monoisotopic (exact) mass is 396 g/mol. The number of ether oxygens (including phenoxy) is 2. The Kier molecular flexibility index (Phi) is 16.1. The highest BCUT2D eigenvalue weighted by atomic mass is 16.5. The smallest absolute Gasteiger partial charge is 0.330 e. The molecular weight excluding hydrogens is 364 g/mol. The van der Waals surface area contributed by atoms with Gasteiger partial charge in [-0.05, 0) is 12.8 Å². The van der Waals surface area contributed by atoms with Crippen LogP contribution in [0.3, 0.4) is 0 Å². The molecule has 28 heavy (non-hydrogen) atoms. The molecule has 158 valence electrons. The highest BCUT2D eigenvalue weighted by Crippen LogP contribution is 2.08. The zero-order chi connectivity index (χ0) is 21.0. The van der Waals surface area contributed by atoms with Crippen LogP contribution < -0.4 is 10.6 Å². The van der Waals surface area contributed by atoms with E-state index >= 15 is 0 Å². The first-order valence-corrected chi connectivity index (χ1v) is 9.61. The van der Waals surface area contributed by atoms with Crippen LogP contribution in [0.5, 0.6) is 0 Å². The molecule has 0 rings (SSSR count). The van der Waals surface area contributed by atoms with Gasteiger partial charge in [-0.25, -0.2) is 9.59 Å². The van der Waals surface area contributed by atoms with Crippen molar-refractivity contribution >= 4 is 23.8 Å². The Hall–Kier alpha value is -2.64. The fourth-order valence-electron chi connectivity index (χ4n) is 2.26. The molecule has 0 aliphatic carbocycles. The van der Waals surface area contributed by atoms with Gasteiger partial charge in [0.25, 0.3) is 0 Å². The van der Waals surface area contributed by atoms with E-state index in [-0.39, 0.29) is 25.0 Å². The van der Waals surface area contributed by atoms with E-state index in [1.165, 1.54) is 0 Å². The van der Waals surface area contributed by atoms with Gasteiger partial charge in [0.15, 0.2) is 0 Å². The summed E-state index contributed by atoms with van der Waals surface area (Å²) in [6, 6.07) is 0. The summed E-state index contributed by atoms with van der Waals surface area (Å²) < 4.78 is 9.51. The molecule has 0 radical (unpaired) electrons. The van der Waals surface area contributed by atoms with Crippen LogP contribution in [0.1, 0.15) is 51.4 Å². The first kappa shape index (κ1) is 25.4. The number of nitrogens with one attached hydrogen (secondary N) is 2. The SMILES string of the molecule is C=CC(=O)OCCNC(=O)CCCCCCCCC(=O)NCCOC(=O)C=C. The standard InChI is InChI=1S/C20H32N2O6/c1-3-19(25)27-15-13-21-17(23)11-9-7-5-6-8-10-12-18(24)22-14-16-28-20(26)4-2/h3-4H,1-2,5-16H2,(H,21,23)(H,22,24). The third-order valence-electron chi connectivity index (χ3n) is 3.73. The van der Waals surface area contributed by atoms with Crippen molar-refractivity contribution in [1.29, 1.82) is 0 Å². The summed E-state index contributed by atoms with van der Waals surface area (Å²) in [7, 11) is 0. The average Bonchev–Trinajstić information content (AvgIpc) is 2.69. The second-order valence-electron chi connectivity index (χ2n) is 6.06. The summed E-state index contributed by atoms with van der Waals surface area (Å²) in [5, 5.41) is 5.38. The summed E-state index contributed by atoms with van der Waals surface area (Å²) in [5.41, 5.74) is 0. The van der Waals surface area contributed by atoms with E-state index < -0.39 is 11.9 Å². The minimum atomic E-state index is -0.499. The number of hydrogen-bond donors (Lipinski definition) is 2. The Morgan fingerprint density at radius 2 is 1.00 bits per heavy atom. The largest absolute Gasteiger partial charge is 0.461 e. The molecule has 0 saturated carbocycles. The molecule has 0 aromatic carbocycles. The van der Waals surface area contributed by atoms with Crippen LogP contribution in [-0.2, 0) is 28.7 Å². The summed E-state index contributed by atoms with van der Waals surface area (Å²) >= 11 is 0. The number of amides is 2. The van der Waals surface area contributed by atoms with E-state index in [9.17, 15) is 19.2 Å². The maximum absolute atomic E-state index is 11.6. The Balaban J connectivity index is 3.38. The van der Waals surface area contributed by atoms with Crippen LogP contribution in [0.2, 0.25) is 0 Å². The lowest BCUT2D eigenvalue weighted by Gasteiger charge is -2.06. The second kappa shape index (κ2) is 17.8. The topological polar surface area (TPSA) is 111 Å². The van der Waals surface area contributed by atoms with Gasteiger partial charge in [-0.3, -0.25) is 9.59 Å². The molecule has 0 aromatic heterocycles. The van der Waals surface area contributed by atoms with Crippen LogP contribution in [-0.4, -0.2) is 50.1 Å². The highest BCUT2D eigenvalue weighted by molar-refractivity contribution is 5.81. The molecule has 0 atom stereocenters. The molecule has 0 heterocycles. The van der Waals surface area contributed by atoms with Gasteiger partial charge >= 0.3 is 11.9 Å². The number of unbranched alkanes of at least 4 members (excludes halogenated alkanes) is 5. The van der Waals surface area contributed by atoms with Crippen LogP contribution >= 0.6 is 0 Å². The van der Waals surface area contributed by atoms with Crippen LogP contribution in [0.4, 0.5) is 0 Å². The third kappa shape index (κ3) is 16.8. The summed E-state index contributed by atoms with van der Waals surface area (Å²) in [6.07, 6.45) is 8.63. The lowest BCUT2D eigenvalue weighted by molar-refractivity contribution is -0.138. The summed E-state index contributed by atoms with van der Waals surface area (Å²) in [5.74, 6) is -1.10. The van der Waals surface area contributed by atoms with Gasteiger partial charge in [-0.15, -0.1) is 0 Å². The first-order chi connectivity index (χ1) is 13.5. The van der Waals surface area contributed by atoms with Crippen LogP contribution in [0, 0.1) is 0 Å². The van der Waals surface area contributed by atoms with E-state index in [0.29, 0.717) is 25.9 Å². The lowest BCUT2D eigenvalue weighted by atomic mass is 10.1. The normalized spacial score (nSPS) is 9.86. The van der Waals surface area contributed by atoms with Gasteiger partial charge in [0.05, 0.1) is 13.1 Å². The van der Waals surface area contributed by atoms with Gasteiger partial charge in [0, 0.05) is 25.0 Å². The molecule has 0 aromatic rings. The molecule has 8 heteroatoms. The molecule has 2 amide bonds. The minimum Gasteiger partial charge on any atom is -0.461 e. The van der Waals surface area contributed by atoms with Crippen molar-refractivity contribution in [3.8, 4) is 0 Å². The third-order valence-corrected chi connectivity index (χ3v) is 3.73. The number of esters is 2. The molecule has 2 N–H and O–H groups in total. The van der Waals surface area contributed by atoms with E-state index in [0.717, 1.165) is 50.7 Å². The summed E-state index contributed by atoms with van der Waals surface area (Å²) in [6.45, 7) is 7.46. The highest BCUT2D eigenvalue weighted by Gasteiger charge is 2.03. The van der Waals surface area contributed by atoms with Gasteiger partial charge in [0.2, 0.25) is 11.8 Å². The van der Waals surface area contributed by atoms with E-state index in [4.69, 9.17) is 9.47 Å². The van der Waals surface area contributed by atoms with E-state index in [1.54, 1.807) is 0 Å². The molecule has 0 aliphatic rings. The number of carbonyl (C=O) groups excluding carboxylic acids is 4. The number of hydrogen-bond acceptors (Lipinski definition) is 6. The Morgan fingerprint density at radius 1 is 0.643 bits per heavy atom. The fraction of sp³-hybridized carbons (Fsp3) is 0.600. The van der Waals surface area contributed by atoms with Gasteiger partial charge < -0.3 is 20.1 Å². The average molecular weight is 396 g/mol. The van der Waals surface area contributed by atoms with Gasteiger partial charge in [-0.2, -0.15) is 0 Å². The van der Waals surface area contributed by atoms with Crippen molar-refractivity contribution in [3.63, 3.8) is 0 Å². The Bertz CT molecular complexity index is 473. The molecular formula is C20H32N2O6. The maximum Gasteiger partial charge on any atom is 0.330 e. The Labute approximate surface area is 166 Å². The molecule has 0 unspecified atom stereocenters. The zero-order valence-corrected chi connectivity index (χ0v) is 16.5. The van der Waals surface area contributed by atoms with Gasteiger partial charge in [0.1, 0.15) is 13.2 Å². The molecule has 0 bridgehead atoms. The lowest BCUT2D eigenvalue weighted by Crippen LogP contribution is -2.27. The van der Waals surface area contributed by atoms with Crippen molar-refractivity contribution in [1.82, 2.24) is 10.6 Å². The number of carbonyl (C=O) groups is 4. The molecule has 0 saturated heterocycles. The molecule has 8 nitrogen and oxygen atoms in total. The number of rotatable bonds is 17. The maximum atomic E-state index is 11.6. The van der Waals surface area contributed by atoms with Crippen molar-refractivity contribution in [3.05, 3.63) is 25.3 Å². The molecule has 0 fully saturated rings. The minimum absolute atomic E-state index is 0.0508. The zero-order valence-electron chi connectivity index (χ0n) is 16.5. The van der Waals surface area contributed by atoms with Crippen LogP contribution in [0.15, 0.2) is 25.3 Å². The summed E-state index contributed by atoms with van der Waals surface area (Å²) in [4.78, 5) is 44.8. The first-order valence-electron chi connectivity index (χ1n) is 9.61. The second-order valence-corrected chi connectivity index (χ2v) is 6.06. The van der Waals surface area contributed by atoms with Crippen molar-refractivity contribution < 1.29 is 28.7 Å². The fourth-order valence-corrected chi connectivity index (χ4v) is 2.26. The van der Waals surface area contributed by atoms with Crippen molar-refractivity contribution in [2.45, 2.75) is 51.4 Å². The van der Waals surface area contributed by atoms with E-state index in [2.05, 4.69) is 23.8 Å². The molecule has 0 aliphatic heterocycles. The Morgan fingerprint density at radius 3 is 1.36 bits per heavy atom. The predicted octanol–water partition coefficient (Wildman–Crippen LogP) is 1.80. The molecule has 0 spiro atoms. The van der Waals surface area contributed by atoms with Crippen molar-refractivity contribution in [2.75, 3.05) is 26.3 Å².